The van der Waals surface area contributed by atoms with Gasteiger partial charge in [0.15, 0.2) is 6.10 Å². The van der Waals surface area contributed by atoms with Gasteiger partial charge in [0.25, 0.3) is 0 Å². The summed E-state index contributed by atoms with van der Waals surface area (Å²) in [5, 5.41) is 13.7. The summed E-state index contributed by atoms with van der Waals surface area (Å²) in [4.78, 5) is 18.9. The molecule has 1 aliphatic heterocycles. The maximum absolute atomic E-state index is 11.4. The Bertz CT molecular complexity index is 1270. The number of carbonyl (C=O) groups is 1. The highest BCUT2D eigenvalue weighted by Gasteiger charge is 2.32. The van der Waals surface area contributed by atoms with Gasteiger partial charge in [-0.2, -0.15) is 0 Å². The minimum Gasteiger partial charge on any atom is -0.492 e. The van der Waals surface area contributed by atoms with Gasteiger partial charge in [-0.25, -0.2) is 4.79 Å². The van der Waals surface area contributed by atoms with E-state index in [-0.39, 0.29) is 5.41 Å². The number of fused-ring (bicyclic) bond motifs is 1. The van der Waals surface area contributed by atoms with Crippen molar-refractivity contribution in [3.8, 4) is 5.75 Å². The summed E-state index contributed by atoms with van der Waals surface area (Å²) in [7, 11) is 1.58. The monoisotopic (exact) mass is 530 g/mol. The second-order valence-corrected chi connectivity index (χ2v) is 10.3. The molecule has 1 aliphatic rings. The lowest BCUT2D eigenvalue weighted by molar-refractivity contribution is -0.149. The van der Waals surface area contributed by atoms with Crippen molar-refractivity contribution in [2.75, 3.05) is 38.3 Å². The zero-order valence-corrected chi connectivity index (χ0v) is 23.2. The molecular weight excluding hydrogens is 492 g/mol. The van der Waals surface area contributed by atoms with Crippen molar-refractivity contribution in [2.24, 2.45) is 5.16 Å². The first-order valence-electron chi connectivity index (χ1n) is 13.4. The molecule has 1 N–H and O–H groups in total. The molecule has 0 bridgehead atoms. The van der Waals surface area contributed by atoms with E-state index in [1.807, 2.05) is 54.6 Å². The Morgan fingerprint density at radius 3 is 2.46 bits per heavy atom. The van der Waals surface area contributed by atoms with E-state index in [9.17, 15) is 9.90 Å². The molecule has 0 amide bonds. The molecule has 0 aliphatic carbocycles. The fourth-order valence-corrected chi connectivity index (χ4v) is 4.99. The molecule has 0 aromatic heterocycles. The van der Waals surface area contributed by atoms with E-state index in [2.05, 4.69) is 42.1 Å². The Labute approximate surface area is 231 Å². The van der Waals surface area contributed by atoms with Crippen LogP contribution in [0.1, 0.15) is 49.4 Å². The van der Waals surface area contributed by atoms with Crippen LogP contribution in [-0.4, -0.2) is 56.3 Å². The molecule has 0 saturated heterocycles. The maximum atomic E-state index is 11.4. The van der Waals surface area contributed by atoms with Crippen molar-refractivity contribution in [3.63, 3.8) is 0 Å². The summed E-state index contributed by atoms with van der Waals surface area (Å²) in [5.74, 6) is -0.185. The number of ether oxygens (including phenoxy) is 2. The van der Waals surface area contributed by atoms with Crippen LogP contribution in [0.25, 0.3) is 0 Å². The number of anilines is 1. The number of aliphatic carboxylic acids is 1. The fourth-order valence-electron chi connectivity index (χ4n) is 4.99. The van der Waals surface area contributed by atoms with Gasteiger partial charge in [-0.05, 0) is 54.2 Å². The third-order valence-corrected chi connectivity index (χ3v) is 7.19. The van der Waals surface area contributed by atoms with E-state index in [1.165, 1.54) is 11.3 Å². The second kappa shape index (κ2) is 12.8. The van der Waals surface area contributed by atoms with Crippen molar-refractivity contribution in [2.45, 2.75) is 45.1 Å². The Morgan fingerprint density at radius 2 is 1.79 bits per heavy atom. The van der Waals surface area contributed by atoms with Gasteiger partial charge >= 0.3 is 5.97 Å². The van der Waals surface area contributed by atoms with E-state index in [4.69, 9.17) is 14.3 Å². The van der Waals surface area contributed by atoms with Crippen LogP contribution >= 0.6 is 0 Å². The fraction of sp³-hybridized carbons (Fsp3) is 0.375. The van der Waals surface area contributed by atoms with Crippen LogP contribution in [0.15, 0.2) is 78.0 Å². The smallest absolute Gasteiger partial charge is 0.333 e. The van der Waals surface area contributed by atoms with E-state index >= 15 is 0 Å². The van der Waals surface area contributed by atoms with Gasteiger partial charge in [0.05, 0.1) is 6.54 Å². The Kier molecular flexibility index (Phi) is 9.25. The summed E-state index contributed by atoms with van der Waals surface area (Å²) in [6.45, 7) is 9.00. The van der Waals surface area contributed by atoms with Gasteiger partial charge in [-0.15, -0.1) is 0 Å². The molecule has 0 fully saturated rings. The number of nitrogens with zero attached hydrogens (tertiary/aromatic N) is 2. The first kappa shape index (κ1) is 28.2. The molecule has 1 heterocycles. The van der Waals surface area contributed by atoms with E-state index in [1.54, 1.807) is 14.0 Å². The number of oxime groups is 1. The van der Waals surface area contributed by atoms with Crippen LogP contribution in [0, 0.1) is 0 Å². The summed E-state index contributed by atoms with van der Waals surface area (Å²) in [5.41, 5.74) is 6.30. The highest BCUT2D eigenvalue weighted by molar-refractivity contribution is 6.13. The highest BCUT2D eigenvalue weighted by atomic mass is 16.6. The van der Waals surface area contributed by atoms with Crippen LogP contribution in [0.3, 0.4) is 0 Å². The summed E-state index contributed by atoms with van der Waals surface area (Å²) >= 11 is 0. The molecule has 4 rings (SSSR count). The Balaban J connectivity index is 1.44. The molecular formula is C32H38N2O5. The number of carboxylic acids is 1. The van der Waals surface area contributed by atoms with Crippen LogP contribution in [0.5, 0.6) is 5.75 Å². The molecule has 7 heteroatoms. The molecule has 0 radical (unpaired) electrons. The van der Waals surface area contributed by atoms with Gasteiger partial charge in [-0.3, -0.25) is 0 Å². The average molecular weight is 531 g/mol. The average Bonchev–Trinajstić information content (AvgIpc) is 2.94. The van der Waals surface area contributed by atoms with Crippen molar-refractivity contribution in [3.05, 3.63) is 95.1 Å². The largest absolute Gasteiger partial charge is 0.492 e. The summed E-state index contributed by atoms with van der Waals surface area (Å²) in [6.07, 6.45) is 0.521. The van der Waals surface area contributed by atoms with Gasteiger partial charge in [0, 0.05) is 36.4 Å². The molecule has 1 atom stereocenters. The van der Waals surface area contributed by atoms with E-state index < -0.39 is 12.1 Å². The van der Waals surface area contributed by atoms with Crippen LogP contribution in [0.4, 0.5) is 5.69 Å². The predicted octanol–water partition coefficient (Wildman–Crippen LogP) is 5.68. The van der Waals surface area contributed by atoms with Crippen molar-refractivity contribution in [1.29, 1.82) is 0 Å². The zero-order valence-electron chi connectivity index (χ0n) is 23.2. The second-order valence-electron chi connectivity index (χ2n) is 10.3. The normalized spacial score (nSPS) is 15.4. The predicted molar refractivity (Wildman–Crippen MR) is 154 cm³/mol. The van der Waals surface area contributed by atoms with E-state index in [0.29, 0.717) is 19.6 Å². The lowest BCUT2D eigenvalue weighted by atomic mass is 9.76. The third kappa shape index (κ3) is 6.98. The molecule has 0 spiro atoms. The van der Waals surface area contributed by atoms with Gasteiger partial charge in [0.1, 0.15) is 25.2 Å². The maximum Gasteiger partial charge on any atom is 0.333 e. The number of benzene rings is 3. The quantitative estimate of drug-likeness (QED) is 0.240. The Morgan fingerprint density at radius 1 is 1.05 bits per heavy atom. The highest BCUT2D eigenvalue weighted by Crippen LogP contribution is 2.40. The number of rotatable bonds is 12. The van der Waals surface area contributed by atoms with E-state index in [0.717, 1.165) is 47.7 Å². The summed E-state index contributed by atoms with van der Waals surface area (Å²) < 4.78 is 11.4. The lowest BCUT2D eigenvalue weighted by Crippen LogP contribution is -2.39. The summed E-state index contributed by atoms with van der Waals surface area (Å²) in [6, 6.07) is 24.2. The SMILES string of the molecule is CCO[C@@H](Cc1ccc(OCCN2CCC(C)(C)c3cc(/C(=N\OC)c4ccccc4)ccc32)cc1)C(=O)O. The first-order chi connectivity index (χ1) is 18.8. The lowest BCUT2D eigenvalue weighted by Gasteiger charge is -2.40. The molecule has 39 heavy (non-hydrogen) atoms. The number of carboxylic acid groups (broad SMARTS) is 1. The molecule has 3 aromatic rings. The molecule has 0 saturated carbocycles. The topological polar surface area (TPSA) is 80.6 Å². The zero-order chi connectivity index (χ0) is 27.8. The third-order valence-electron chi connectivity index (χ3n) is 7.19. The van der Waals surface area contributed by atoms with Crippen LogP contribution in [0.2, 0.25) is 0 Å². The van der Waals surface area contributed by atoms with Crippen LogP contribution < -0.4 is 9.64 Å². The van der Waals surface area contributed by atoms with Crippen molar-refractivity contribution >= 4 is 17.4 Å². The minimum atomic E-state index is -0.948. The Hall–Kier alpha value is -3.84. The minimum absolute atomic E-state index is 0.0305. The molecule has 206 valence electrons. The van der Waals surface area contributed by atoms with Gasteiger partial charge in [0.2, 0.25) is 0 Å². The standard InChI is InChI=1S/C32H38N2O5/c1-5-38-29(31(35)36)21-23-11-14-26(15-12-23)39-20-19-34-18-17-32(2,3)27-22-25(13-16-28(27)34)30(33-37-4)24-9-7-6-8-10-24/h6-16,22,29H,5,17-21H2,1-4H3,(H,35,36)/b33-30-/t29-/m0/s1. The number of hydrogen-bond donors (Lipinski definition) is 1. The van der Waals surface area contributed by atoms with Crippen molar-refractivity contribution < 1.29 is 24.2 Å². The van der Waals surface area contributed by atoms with Crippen LogP contribution in [-0.2, 0) is 26.2 Å². The van der Waals surface area contributed by atoms with Crippen molar-refractivity contribution in [1.82, 2.24) is 0 Å². The molecule has 7 nitrogen and oxygen atoms in total. The molecule has 3 aromatic carbocycles. The molecule has 0 unspecified atom stereocenters. The van der Waals surface area contributed by atoms with Gasteiger partial charge in [-0.1, -0.05) is 67.5 Å². The number of hydrogen-bond acceptors (Lipinski definition) is 6. The first-order valence-corrected chi connectivity index (χ1v) is 13.4. The van der Waals surface area contributed by atoms with Gasteiger partial charge < -0.3 is 24.3 Å².